The molecule has 2 heterocycles. The van der Waals surface area contributed by atoms with Crippen molar-refractivity contribution in [3.63, 3.8) is 0 Å². The van der Waals surface area contributed by atoms with E-state index < -0.39 is 0 Å². The van der Waals surface area contributed by atoms with Crippen LogP contribution in [0.1, 0.15) is 17.3 Å². The molecule has 1 fully saturated rings. The lowest BCUT2D eigenvalue weighted by molar-refractivity contribution is 0.295. The fourth-order valence-electron chi connectivity index (χ4n) is 2.36. The summed E-state index contributed by atoms with van der Waals surface area (Å²) in [5.41, 5.74) is 1.06. The maximum absolute atomic E-state index is 5.30. The van der Waals surface area contributed by atoms with Gasteiger partial charge in [0.05, 0.1) is 14.2 Å². The number of benzene rings is 1. The van der Waals surface area contributed by atoms with Crippen LogP contribution in [0, 0.1) is 5.92 Å². The predicted octanol–water partition coefficient (Wildman–Crippen LogP) is 1.86. The molecule has 1 aromatic carbocycles. The molecule has 1 aliphatic heterocycles. The number of rotatable bonds is 6. The first kappa shape index (κ1) is 16.6. The minimum Gasteiger partial charge on any atom is -0.493 e. The Morgan fingerprint density at radius 3 is 2.64 bits per heavy atom. The molecule has 1 aliphatic rings. The molecular formula is C15H20ClN3O3. The summed E-state index contributed by atoms with van der Waals surface area (Å²) in [7, 11) is 3.25. The van der Waals surface area contributed by atoms with E-state index in [2.05, 4.69) is 15.5 Å². The highest BCUT2D eigenvalue weighted by molar-refractivity contribution is 5.85. The van der Waals surface area contributed by atoms with E-state index in [1.54, 1.807) is 14.2 Å². The normalized spacial score (nSPS) is 14.1. The van der Waals surface area contributed by atoms with Crippen molar-refractivity contribution in [2.24, 2.45) is 5.92 Å². The molecule has 3 rings (SSSR count). The largest absolute Gasteiger partial charge is 0.493 e. The van der Waals surface area contributed by atoms with Gasteiger partial charge < -0.3 is 19.3 Å². The quantitative estimate of drug-likeness (QED) is 0.874. The number of nitrogens with one attached hydrogen (secondary N) is 1. The first-order valence-corrected chi connectivity index (χ1v) is 7.01. The van der Waals surface area contributed by atoms with Crippen LogP contribution in [0.5, 0.6) is 11.5 Å². The van der Waals surface area contributed by atoms with Crippen molar-refractivity contribution in [2.45, 2.75) is 12.8 Å². The van der Waals surface area contributed by atoms with Gasteiger partial charge in [-0.15, -0.1) is 12.4 Å². The van der Waals surface area contributed by atoms with E-state index in [0.29, 0.717) is 29.7 Å². The molecule has 1 saturated heterocycles. The van der Waals surface area contributed by atoms with Crippen molar-refractivity contribution in [1.29, 1.82) is 0 Å². The van der Waals surface area contributed by atoms with Crippen LogP contribution in [-0.2, 0) is 12.8 Å². The van der Waals surface area contributed by atoms with Crippen LogP contribution in [0.3, 0.4) is 0 Å². The van der Waals surface area contributed by atoms with Crippen LogP contribution in [0.2, 0.25) is 0 Å². The maximum atomic E-state index is 5.30. The number of methoxy groups -OCH3 is 2. The van der Waals surface area contributed by atoms with Gasteiger partial charge in [-0.2, -0.15) is 4.98 Å². The van der Waals surface area contributed by atoms with Gasteiger partial charge in [0.1, 0.15) is 0 Å². The molecule has 120 valence electrons. The topological polar surface area (TPSA) is 69.4 Å². The van der Waals surface area contributed by atoms with Crippen molar-refractivity contribution in [3.8, 4) is 11.5 Å². The molecule has 0 radical (unpaired) electrons. The number of halogens is 1. The van der Waals surface area contributed by atoms with E-state index in [-0.39, 0.29) is 12.4 Å². The third kappa shape index (κ3) is 3.69. The summed E-state index contributed by atoms with van der Waals surface area (Å²) in [6.45, 7) is 2.07. The SMILES string of the molecule is COc1ccc(Cc2noc(CC3CNC3)n2)cc1OC.Cl. The lowest BCUT2D eigenvalue weighted by Gasteiger charge is -2.25. The highest BCUT2D eigenvalue weighted by atomic mass is 35.5. The van der Waals surface area contributed by atoms with E-state index in [0.717, 1.165) is 31.0 Å². The van der Waals surface area contributed by atoms with Gasteiger partial charge in [0, 0.05) is 12.8 Å². The summed E-state index contributed by atoms with van der Waals surface area (Å²) in [5, 5.41) is 7.28. The second-order valence-electron chi connectivity index (χ2n) is 5.20. The van der Waals surface area contributed by atoms with Crippen molar-refractivity contribution in [1.82, 2.24) is 15.5 Å². The third-order valence-corrected chi connectivity index (χ3v) is 3.65. The zero-order valence-electron chi connectivity index (χ0n) is 12.7. The second kappa shape index (κ2) is 7.47. The third-order valence-electron chi connectivity index (χ3n) is 3.65. The molecule has 0 spiro atoms. The first-order valence-electron chi connectivity index (χ1n) is 7.01. The van der Waals surface area contributed by atoms with Crippen LogP contribution >= 0.6 is 12.4 Å². The van der Waals surface area contributed by atoms with Crippen LogP contribution in [0.15, 0.2) is 22.7 Å². The smallest absolute Gasteiger partial charge is 0.227 e. The van der Waals surface area contributed by atoms with E-state index in [9.17, 15) is 0 Å². The van der Waals surface area contributed by atoms with E-state index >= 15 is 0 Å². The lowest BCUT2D eigenvalue weighted by atomic mass is 10.00. The number of hydrogen-bond acceptors (Lipinski definition) is 6. The molecule has 2 aromatic rings. The summed E-state index contributed by atoms with van der Waals surface area (Å²) < 4.78 is 15.8. The van der Waals surface area contributed by atoms with Crippen LogP contribution in [0.25, 0.3) is 0 Å². The molecular weight excluding hydrogens is 306 g/mol. The molecule has 22 heavy (non-hydrogen) atoms. The van der Waals surface area contributed by atoms with Gasteiger partial charge in [-0.3, -0.25) is 0 Å². The second-order valence-corrected chi connectivity index (χ2v) is 5.20. The van der Waals surface area contributed by atoms with Gasteiger partial charge in [-0.25, -0.2) is 0 Å². The van der Waals surface area contributed by atoms with Crippen molar-refractivity contribution in [3.05, 3.63) is 35.5 Å². The van der Waals surface area contributed by atoms with Crippen LogP contribution in [-0.4, -0.2) is 37.4 Å². The molecule has 0 aliphatic carbocycles. The summed E-state index contributed by atoms with van der Waals surface area (Å²) in [6.07, 6.45) is 1.47. The molecule has 1 N–H and O–H groups in total. The van der Waals surface area contributed by atoms with E-state index in [4.69, 9.17) is 14.0 Å². The van der Waals surface area contributed by atoms with Crippen LogP contribution < -0.4 is 14.8 Å². The van der Waals surface area contributed by atoms with Gasteiger partial charge in [-0.1, -0.05) is 11.2 Å². The average Bonchev–Trinajstić information content (AvgIpc) is 2.90. The predicted molar refractivity (Wildman–Crippen MR) is 84.0 cm³/mol. The standard InChI is InChI=1S/C15H19N3O3.ClH/c1-19-12-4-3-10(5-13(12)20-2)6-14-17-15(21-18-14)7-11-8-16-9-11;/h3-5,11,16H,6-9H2,1-2H3;1H. The fraction of sp³-hybridized carbons (Fsp3) is 0.467. The summed E-state index contributed by atoms with van der Waals surface area (Å²) in [4.78, 5) is 4.45. The Hall–Kier alpha value is -1.79. The minimum absolute atomic E-state index is 0. The Morgan fingerprint density at radius 2 is 2.00 bits per heavy atom. The Labute approximate surface area is 135 Å². The number of nitrogens with zero attached hydrogens (tertiary/aromatic N) is 2. The number of ether oxygens (including phenoxy) is 2. The molecule has 7 heteroatoms. The highest BCUT2D eigenvalue weighted by Crippen LogP contribution is 2.28. The summed E-state index contributed by atoms with van der Waals surface area (Å²) >= 11 is 0. The van der Waals surface area contributed by atoms with Crippen molar-refractivity contribution < 1.29 is 14.0 Å². The Bertz CT molecular complexity index is 614. The monoisotopic (exact) mass is 325 g/mol. The van der Waals surface area contributed by atoms with Gasteiger partial charge in [0.15, 0.2) is 17.3 Å². The highest BCUT2D eigenvalue weighted by Gasteiger charge is 2.20. The van der Waals surface area contributed by atoms with Gasteiger partial charge >= 0.3 is 0 Å². The van der Waals surface area contributed by atoms with Gasteiger partial charge in [0.25, 0.3) is 0 Å². The van der Waals surface area contributed by atoms with Gasteiger partial charge in [-0.05, 0) is 36.7 Å². The molecule has 0 bridgehead atoms. The molecule has 6 nitrogen and oxygen atoms in total. The summed E-state index contributed by atoms with van der Waals surface area (Å²) in [6, 6.07) is 5.80. The van der Waals surface area contributed by atoms with E-state index in [1.165, 1.54) is 0 Å². The minimum atomic E-state index is 0. The first-order chi connectivity index (χ1) is 10.3. The molecule has 0 saturated carbocycles. The van der Waals surface area contributed by atoms with Crippen molar-refractivity contribution >= 4 is 12.4 Å². The average molecular weight is 326 g/mol. The van der Waals surface area contributed by atoms with Gasteiger partial charge in [0.2, 0.25) is 5.89 Å². The molecule has 0 unspecified atom stereocenters. The number of hydrogen-bond donors (Lipinski definition) is 1. The van der Waals surface area contributed by atoms with Crippen LogP contribution in [0.4, 0.5) is 0 Å². The fourth-order valence-corrected chi connectivity index (χ4v) is 2.36. The molecule has 0 atom stereocenters. The number of aromatic nitrogens is 2. The Morgan fingerprint density at radius 1 is 1.23 bits per heavy atom. The molecule has 0 amide bonds. The lowest BCUT2D eigenvalue weighted by Crippen LogP contribution is -2.43. The Kier molecular flexibility index (Phi) is 5.63. The zero-order chi connectivity index (χ0) is 14.7. The van der Waals surface area contributed by atoms with E-state index in [1.807, 2.05) is 18.2 Å². The summed E-state index contributed by atoms with van der Waals surface area (Å²) in [5.74, 6) is 3.47. The zero-order valence-corrected chi connectivity index (χ0v) is 13.5. The van der Waals surface area contributed by atoms with Crippen molar-refractivity contribution in [2.75, 3.05) is 27.3 Å². The Balaban J connectivity index is 0.00000176. The molecule has 1 aromatic heterocycles. The maximum Gasteiger partial charge on any atom is 0.227 e.